The highest BCUT2D eigenvalue weighted by molar-refractivity contribution is 7.89. The number of carbonyl (C=O) groups excluding carboxylic acids is 1. The average molecular weight is 341 g/mol. The Balaban J connectivity index is 3.15. The van der Waals surface area contributed by atoms with Gasteiger partial charge in [0.05, 0.1) is 10.6 Å². The van der Waals surface area contributed by atoms with E-state index in [1.807, 2.05) is 6.92 Å². The molecular weight excluding hydrogens is 326 g/mol. The molecule has 1 amide bonds. The van der Waals surface area contributed by atoms with Crippen LogP contribution >= 0.6 is 11.6 Å². The number of sulfonamides is 1. The average Bonchev–Trinajstić information content (AvgIpc) is 2.37. The minimum atomic E-state index is -4.60. The highest BCUT2D eigenvalue weighted by atomic mass is 35.5. The zero-order valence-electron chi connectivity index (χ0n) is 11.3. The van der Waals surface area contributed by atoms with Crippen molar-refractivity contribution in [2.75, 3.05) is 6.54 Å². The minimum Gasteiger partial charge on any atom is -0.352 e. The molecule has 1 aromatic rings. The first-order valence-electron chi connectivity index (χ1n) is 6.18. The molecule has 0 aliphatic rings. The number of hydrogen-bond donors (Lipinski definition) is 2. The molecule has 1 aromatic carbocycles. The van der Waals surface area contributed by atoms with E-state index in [0.717, 1.165) is 12.8 Å². The Morgan fingerprint density at radius 1 is 1.38 bits per heavy atom. The van der Waals surface area contributed by atoms with Crippen LogP contribution in [0.15, 0.2) is 11.0 Å². The minimum absolute atomic E-state index is 0.312. The molecule has 0 saturated carbocycles. The predicted octanol–water partition coefficient (Wildman–Crippen LogP) is 2.19. The predicted molar refractivity (Wildman–Crippen MR) is 74.6 cm³/mol. The second-order valence-electron chi connectivity index (χ2n) is 4.37. The van der Waals surface area contributed by atoms with E-state index in [4.69, 9.17) is 16.7 Å². The number of rotatable bonds is 6. The topological polar surface area (TPSA) is 89.3 Å². The Labute approximate surface area is 126 Å². The Kier molecular flexibility index (Phi) is 6.06. The maximum Gasteiger partial charge on any atom is 0.252 e. The molecule has 0 heterocycles. The van der Waals surface area contributed by atoms with Crippen LogP contribution in [0.5, 0.6) is 0 Å². The van der Waals surface area contributed by atoms with Crippen LogP contribution in [0.4, 0.5) is 8.78 Å². The molecule has 0 aromatic heterocycles. The first-order valence-corrected chi connectivity index (χ1v) is 8.11. The van der Waals surface area contributed by atoms with Crippen molar-refractivity contribution in [2.24, 2.45) is 5.14 Å². The van der Waals surface area contributed by atoms with E-state index in [1.165, 1.54) is 0 Å². The van der Waals surface area contributed by atoms with Gasteiger partial charge in [0.25, 0.3) is 5.91 Å². The molecule has 0 bridgehead atoms. The zero-order valence-corrected chi connectivity index (χ0v) is 12.8. The summed E-state index contributed by atoms with van der Waals surface area (Å²) < 4.78 is 49.4. The van der Waals surface area contributed by atoms with Crippen LogP contribution in [0.3, 0.4) is 0 Å². The highest BCUT2D eigenvalue weighted by Crippen LogP contribution is 2.29. The third-order valence-electron chi connectivity index (χ3n) is 2.71. The molecule has 21 heavy (non-hydrogen) atoms. The van der Waals surface area contributed by atoms with Crippen molar-refractivity contribution in [3.8, 4) is 0 Å². The maximum atomic E-state index is 13.5. The summed E-state index contributed by atoms with van der Waals surface area (Å²) in [5, 5.41) is 6.51. The molecule has 1 rings (SSSR count). The first-order chi connectivity index (χ1) is 9.70. The van der Waals surface area contributed by atoms with Gasteiger partial charge in [-0.05, 0) is 12.5 Å². The van der Waals surface area contributed by atoms with Crippen molar-refractivity contribution in [1.82, 2.24) is 5.32 Å². The summed E-state index contributed by atoms with van der Waals surface area (Å²) in [5.41, 5.74) is -0.476. The van der Waals surface area contributed by atoms with E-state index in [9.17, 15) is 22.0 Å². The lowest BCUT2D eigenvalue weighted by atomic mass is 10.2. The molecule has 3 N–H and O–H groups in total. The Morgan fingerprint density at radius 2 is 2.00 bits per heavy atom. The molecule has 118 valence electrons. The molecule has 0 atom stereocenters. The normalized spacial score (nSPS) is 11.5. The SMILES string of the molecule is CCCCCNC(=O)c1cc(F)c(F)c(S(N)(=O)=O)c1Cl. The van der Waals surface area contributed by atoms with E-state index in [1.54, 1.807) is 0 Å². The van der Waals surface area contributed by atoms with Crippen LogP contribution < -0.4 is 10.5 Å². The number of benzene rings is 1. The van der Waals surface area contributed by atoms with Gasteiger partial charge < -0.3 is 5.32 Å². The van der Waals surface area contributed by atoms with Crippen molar-refractivity contribution in [3.63, 3.8) is 0 Å². The Hall–Kier alpha value is -1.25. The molecule has 0 unspecified atom stereocenters. The molecular formula is C12H15ClF2N2O3S. The number of unbranched alkanes of at least 4 members (excludes halogenated alkanes) is 2. The van der Waals surface area contributed by atoms with Crippen molar-refractivity contribution >= 4 is 27.5 Å². The van der Waals surface area contributed by atoms with E-state index >= 15 is 0 Å². The fourth-order valence-corrected chi connectivity index (χ4v) is 2.92. The second-order valence-corrected chi connectivity index (χ2v) is 6.25. The molecule has 0 radical (unpaired) electrons. The molecule has 5 nitrogen and oxygen atoms in total. The number of carbonyl (C=O) groups is 1. The van der Waals surface area contributed by atoms with Gasteiger partial charge in [-0.3, -0.25) is 4.79 Å². The Morgan fingerprint density at radius 3 is 2.52 bits per heavy atom. The summed E-state index contributed by atoms with van der Waals surface area (Å²) in [4.78, 5) is 10.6. The van der Waals surface area contributed by atoms with Crippen LogP contribution in [0.2, 0.25) is 5.02 Å². The largest absolute Gasteiger partial charge is 0.352 e. The monoisotopic (exact) mass is 340 g/mol. The number of nitrogens with one attached hydrogen (secondary N) is 1. The molecule has 0 aliphatic heterocycles. The molecule has 0 spiro atoms. The van der Waals surface area contributed by atoms with Crippen molar-refractivity contribution < 1.29 is 22.0 Å². The third kappa shape index (κ3) is 4.36. The van der Waals surface area contributed by atoms with Crippen LogP contribution in [0.1, 0.15) is 36.5 Å². The maximum absolute atomic E-state index is 13.5. The highest BCUT2D eigenvalue weighted by Gasteiger charge is 2.27. The fraction of sp³-hybridized carbons (Fsp3) is 0.417. The summed E-state index contributed by atoms with van der Waals surface area (Å²) in [7, 11) is -4.60. The Bertz CT molecular complexity index is 650. The van der Waals surface area contributed by atoms with Gasteiger partial charge in [-0.25, -0.2) is 22.3 Å². The lowest BCUT2D eigenvalue weighted by molar-refractivity contribution is 0.0952. The van der Waals surface area contributed by atoms with Gasteiger partial charge in [0, 0.05) is 6.54 Å². The van der Waals surface area contributed by atoms with Crippen molar-refractivity contribution in [3.05, 3.63) is 28.3 Å². The summed E-state index contributed by atoms with van der Waals surface area (Å²) in [6, 6.07) is 0.543. The van der Waals surface area contributed by atoms with Crippen molar-refractivity contribution in [2.45, 2.75) is 31.1 Å². The van der Waals surface area contributed by atoms with E-state index in [0.29, 0.717) is 19.0 Å². The second kappa shape index (κ2) is 7.15. The van der Waals surface area contributed by atoms with Gasteiger partial charge >= 0.3 is 0 Å². The van der Waals surface area contributed by atoms with Crippen LogP contribution in [0, 0.1) is 11.6 Å². The van der Waals surface area contributed by atoms with Gasteiger partial charge in [-0.15, -0.1) is 0 Å². The number of nitrogens with two attached hydrogens (primary N) is 1. The van der Waals surface area contributed by atoms with Crippen LogP contribution in [-0.4, -0.2) is 20.9 Å². The van der Waals surface area contributed by atoms with Crippen LogP contribution in [-0.2, 0) is 10.0 Å². The first kappa shape index (κ1) is 17.8. The van der Waals surface area contributed by atoms with Crippen molar-refractivity contribution in [1.29, 1.82) is 0 Å². The smallest absolute Gasteiger partial charge is 0.252 e. The number of primary sulfonamides is 1. The number of halogens is 3. The fourth-order valence-electron chi connectivity index (χ4n) is 1.67. The number of hydrogen-bond acceptors (Lipinski definition) is 3. The molecule has 0 fully saturated rings. The summed E-state index contributed by atoms with van der Waals surface area (Å²) >= 11 is 5.68. The lowest BCUT2D eigenvalue weighted by Crippen LogP contribution is -2.26. The molecule has 9 heteroatoms. The van der Waals surface area contributed by atoms with Gasteiger partial charge in [-0.1, -0.05) is 31.4 Å². The van der Waals surface area contributed by atoms with Gasteiger partial charge in [-0.2, -0.15) is 0 Å². The van der Waals surface area contributed by atoms with E-state index < -0.39 is 43.0 Å². The summed E-state index contributed by atoms with van der Waals surface area (Å²) in [6.07, 6.45) is 2.52. The summed E-state index contributed by atoms with van der Waals surface area (Å²) in [5.74, 6) is -4.01. The number of amides is 1. The molecule has 0 saturated heterocycles. The van der Waals surface area contributed by atoms with E-state index in [-0.39, 0.29) is 0 Å². The lowest BCUT2D eigenvalue weighted by Gasteiger charge is -2.10. The van der Waals surface area contributed by atoms with Crippen LogP contribution in [0.25, 0.3) is 0 Å². The van der Waals surface area contributed by atoms with E-state index in [2.05, 4.69) is 5.32 Å². The zero-order chi connectivity index (χ0) is 16.2. The van der Waals surface area contributed by atoms with Gasteiger partial charge in [0.2, 0.25) is 10.0 Å². The van der Waals surface area contributed by atoms with Gasteiger partial charge in [0.1, 0.15) is 4.90 Å². The quantitative estimate of drug-likeness (QED) is 0.614. The summed E-state index contributed by atoms with van der Waals surface area (Å²) in [6.45, 7) is 2.29. The molecule has 0 aliphatic carbocycles. The standard InChI is InChI=1S/C12H15ClF2N2O3S/c1-2-3-4-5-17-12(18)7-6-8(14)10(15)11(9(7)13)21(16,19)20/h6H,2-5H2,1H3,(H,17,18)(H2,16,19,20). The third-order valence-corrected chi connectivity index (χ3v) is 4.17. The van der Waals surface area contributed by atoms with Gasteiger partial charge in [0.15, 0.2) is 11.6 Å².